The second-order valence-corrected chi connectivity index (χ2v) is 5.20. The largest absolute Gasteiger partial charge is 0.370 e. The molecule has 0 atom stereocenters. The Morgan fingerprint density at radius 3 is 2.83 bits per heavy atom. The molecule has 1 aliphatic rings. The fraction of sp³-hybridized carbons (Fsp3) is 0.636. The fourth-order valence-electron chi connectivity index (χ4n) is 1.73. The van der Waals surface area contributed by atoms with Crippen LogP contribution in [0.5, 0.6) is 0 Å². The van der Waals surface area contributed by atoms with Gasteiger partial charge in [-0.3, -0.25) is 4.68 Å². The summed E-state index contributed by atoms with van der Waals surface area (Å²) in [6.45, 7) is 5.60. The van der Waals surface area contributed by atoms with Crippen LogP contribution < -0.4 is 5.73 Å². The maximum Gasteiger partial charge on any atom is 0.191 e. The number of aliphatic imine (C=N–C) groups is 1. The van der Waals surface area contributed by atoms with Crippen molar-refractivity contribution in [2.24, 2.45) is 10.7 Å². The quantitative estimate of drug-likeness (QED) is 0.488. The first kappa shape index (κ1) is 15.6. The van der Waals surface area contributed by atoms with Gasteiger partial charge in [0.25, 0.3) is 0 Å². The van der Waals surface area contributed by atoms with Gasteiger partial charge < -0.3 is 10.6 Å². The lowest BCUT2D eigenvalue weighted by molar-refractivity contribution is 0.455. The Morgan fingerprint density at radius 1 is 1.50 bits per heavy atom. The Balaban J connectivity index is 0.00000162. The monoisotopic (exact) mass is 381 g/mol. The lowest BCUT2D eigenvalue weighted by atomic mass is 10.4. The van der Waals surface area contributed by atoms with Crippen LogP contribution in [0, 0.1) is 0 Å². The molecule has 5 nitrogen and oxygen atoms in total. The van der Waals surface area contributed by atoms with Crippen molar-refractivity contribution in [1.29, 1.82) is 0 Å². The topological polar surface area (TPSA) is 59.4 Å². The molecule has 7 heteroatoms. The highest BCUT2D eigenvalue weighted by Gasteiger charge is 2.11. The molecule has 1 aromatic heterocycles. The van der Waals surface area contributed by atoms with E-state index in [2.05, 4.69) is 21.9 Å². The van der Waals surface area contributed by atoms with Gasteiger partial charge in [0.2, 0.25) is 0 Å². The van der Waals surface area contributed by atoms with E-state index >= 15 is 0 Å². The smallest absolute Gasteiger partial charge is 0.191 e. The zero-order valence-corrected chi connectivity index (χ0v) is 13.7. The molecule has 18 heavy (non-hydrogen) atoms. The van der Waals surface area contributed by atoms with Gasteiger partial charge in [0, 0.05) is 42.9 Å². The van der Waals surface area contributed by atoms with E-state index in [0.717, 1.165) is 36.7 Å². The van der Waals surface area contributed by atoms with Gasteiger partial charge in [-0.1, -0.05) is 0 Å². The van der Waals surface area contributed by atoms with E-state index in [0.29, 0.717) is 12.5 Å². The Morgan fingerprint density at radius 2 is 2.22 bits per heavy atom. The summed E-state index contributed by atoms with van der Waals surface area (Å²) in [7, 11) is 0. The van der Waals surface area contributed by atoms with Crippen molar-refractivity contribution >= 4 is 41.7 Å². The number of rotatable bonds is 3. The summed E-state index contributed by atoms with van der Waals surface area (Å²) in [4.78, 5) is 6.58. The molecule has 2 N–H and O–H groups in total. The summed E-state index contributed by atoms with van der Waals surface area (Å²) in [6.07, 6.45) is 3.87. The number of nitrogens with zero attached hydrogens (tertiary/aromatic N) is 4. The fourth-order valence-corrected chi connectivity index (χ4v) is 2.63. The van der Waals surface area contributed by atoms with Gasteiger partial charge in [0.05, 0.1) is 12.7 Å². The maximum absolute atomic E-state index is 5.98. The molecule has 1 aliphatic heterocycles. The third-order valence-electron chi connectivity index (χ3n) is 2.77. The molecular weight excluding hydrogens is 361 g/mol. The van der Waals surface area contributed by atoms with E-state index in [4.69, 9.17) is 5.73 Å². The summed E-state index contributed by atoms with van der Waals surface area (Å²) in [5.74, 6) is 2.95. The zero-order valence-electron chi connectivity index (χ0n) is 10.6. The van der Waals surface area contributed by atoms with Gasteiger partial charge in [0.1, 0.15) is 0 Å². The second-order valence-electron chi connectivity index (χ2n) is 3.98. The standard InChI is InChI=1S/C11H19N5S.HI/c1-2-16-9-10(8-14-16)7-13-11(12)15-3-5-17-6-4-15;/h8-9H,2-7H2,1H3,(H2,12,13);1H. The van der Waals surface area contributed by atoms with E-state index in [1.807, 2.05) is 28.8 Å². The maximum atomic E-state index is 5.98. The molecule has 0 aromatic carbocycles. The van der Waals surface area contributed by atoms with E-state index in [9.17, 15) is 0 Å². The average Bonchev–Trinajstić information content (AvgIpc) is 2.85. The Hall–Kier alpha value is -0.440. The highest BCUT2D eigenvalue weighted by atomic mass is 127. The number of aromatic nitrogens is 2. The minimum atomic E-state index is 0. The number of hydrogen-bond acceptors (Lipinski definition) is 3. The number of halogens is 1. The van der Waals surface area contributed by atoms with Crippen LogP contribution in [0.25, 0.3) is 0 Å². The van der Waals surface area contributed by atoms with Crippen LogP contribution in [0.15, 0.2) is 17.4 Å². The predicted octanol–water partition coefficient (Wildman–Crippen LogP) is 1.38. The minimum absolute atomic E-state index is 0. The molecule has 102 valence electrons. The first-order valence-corrected chi connectivity index (χ1v) is 7.09. The van der Waals surface area contributed by atoms with Crippen molar-refractivity contribution < 1.29 is 0 Å². The van der Waals surface area contributed by atoms with Gasteiger partial charge in [-0.15, -0.1) is 24.0 Å². The van der Waals surface area contributed by atoms with Gasteiger partial charge >= 0.3 is 0 Å². The molecule has 2 heterocycles. The van der Waals surface area contributed by atoms with Crippen LogP contribution in [-0.2, 0) is 13.1 Å². The molecule has 0 aliphatic carbocycles. The van der Waals surface area contributed by atoms with E-state index in [1.54, 1.807) is 0 Å². The van der Waals surface area contributed by atoms with Crippen LogP contribution in [-0.4, -0.2) is 45.2 Å². The lowest BCUT2D eigenvalue weighted by Crippen LogP contribution is -2.42. The minimum Gasteiger partial charge on any atom is -0.370 e. The van der Waals surface area contributed by atoms with Crippen molar-refractivity contribution in [2.45, 2.75) is 20.0 Å². The Labute approximate surface area is 129 Å². The third-order valence-corrected chi connectivity index (χ3v) is 3.71. The molecule has 1 saturated heterocycles. The van der Waals surface area contributed by atoms with Gasteiger partial charge in [-0.05, 0) is 6.92 Å². The summed E-state index contributed by atoms with van der Waals surface area (Å²) in [6, 6.07) is 0. The first-order valence-electron chi connectivity index (χ1n) is 5.93. The Bertz CT molecular complexity index is 387. The number of guanidine groups is 1. The molecule has 0 bridgehead atoms. The number of nitrogens with two attached hydrogens (primary N) is 1. The molecule has 0 unspecified atom stereocenters. The van der Waals surface area contributed by atoms with Crippen LogP contribution in [0.1, 0.15) is 12.5 Å². The van der Waals surface area contributed by atoms with Crippen molar-refractivity contribution in [1.82, 2.24) is 14.7 Å². The number of aryl methyl sites for hydroxylation is 1. The summed E-state index contributed by atoms with van der Waals surface area (Å²) < 4.78 is 1.90. The predicted molar refractivity (Wildman–Crippen MR) is 87.5 cm³/mol. The van der Waals surface area contributed by atoms with Gasteiger partial charge in [-0.25, -0.2) is 4.99 Å². The van der Waals surface area contributed by atoms with Crippen LogP contribution >= 0.6 is 35.7 Å². The summed E-state index contributed by atoms with van der Waals surface area (Å²) >= 11 is 1.97. The molecule has 1 fully saturated rings. The van der Waals surface area contributed by atoms with Crippen molar-refractivity contribution in [3.63, 3.8) is 0 Å². The third kappa shape index (κ3) is 4.34. The van der Waals surface area contributed by atoms with Gasteiger partial charge in [-0.2, -0.15) is 16.9 Å². The van der Waals surface area contributed by atoms with E-state index < -0.39 is 0 Å². The summed E-state index contributed by atoms with van der Waals surface area (Å²) in [5, 5.41) is 4.21. The van der Waals surface area contributed by atoms with E-state index in [-0.39, 0.29) is 24.0 Å². The zero-order chi connectivity index (χ0) is 12.1. The molecular formula is C11H20IN5S. The van der Waals surface area contributed by atoms with E-state index in [1.165, 1.54) is 0 Å². The van der Waals surface area contributed by atoms with Crippen molar-refractivity contribution in [3.8, 4) is 0 Å². The van der Waals surface area contributed by atoms with Crippen molar-refractivity contribution in [3.05, 3.63) is 18.0 Å². The SMILES string of the molecule is CCn1cc(CN=C(N)N2CCSCC2)cn1.I. The lowest BCUT2D eigenvalue weighted by Gasteiger charge is -2.27. The van der Waals surface area contributed by atoms with Crippen LogP contribution in [0.4, 0.5) is 0 Å². The number of thioether (sulfide) groups is 1. The van der Waals surface area contributed by atoms with Crippen molar-refractivity contribution in [2.75, 3.05) is 24.6 Å². The molecule has 0 amide bonds. The average molecular weight is 381 g/mol. The Kier molecular flexibility index (Phi) is 6.83. The summed E-state index contributed by atoms with van der Waals surface area (Å²) in [5.41, 5.74) is 7.09. The molecule has 0 saturated carbocycles. The number of hydrogen-bond donors (Lipinski definition) is 1. The highest BCUT2D eigenvalue weighted by molar-refractivity contribution is 14.0. The molecule has 1 aromatic rings. The normalized spacial score (nSPS) is 16.5. The van der Waals surface area contributed by atoms with Crippen LogP contribution in [0.2, 0.25) is 0 Å². The molecule has 0 spiro atoms. The second kappa shape index (κ2) is 7.88. The molecule has 2 rings (SSSR count). The highest BCUT2D eigenvalue weighted by Crippen LogP contribution is 2.09. The first-order chi connectivity index (χ1) is 8.29. The molecule has 0 radical (unpaired) electrons. The van der Waals surface area contributed by atoms with Gasteiger partial charge in [0.15, 0.2) is 5.96 Å². The van der Waals surface area contributed by atoms with Crippen LogP contribution in [0.3, 0.4) is 0 Å².